The number of aryl methyl sites for hydroxylation is 1. The number of hydrogen-bond donors (Lipinski definition) is 1. The number of aromatic amines is 1. The Morgan fingerprint density at radius 2 is 1.56 bits per heavy atom. The molecule has 0 aliphatic rings. The minimum Gasteiger partial charge on any atom is -0.497 e. The van der Waals surface area contributed by atoms with Crippen LogP contribution in [0.15, 0.2) is 65.5 Å². The summed E-state index contributed by atoms with van der Waals surface area (Å²) < 4.78 is 22.8. The Labute approximate surface area is 228 Å². The molecule has 204 valence electrons. The number of methoxy groups -OCH3 is 1. The van der Waals surface area contributed by atoms with Crippen LogP contribution in [0.25, 0.3) is 10.9 Å². The summed E-state index contributed by atoms with van der Waals surface area (Å²) in [6.07, 6.45) is 0. The lowest BCUT2D eigenvalue weighted by molar-refractivity contribution is 0.0984. The Morgan fingerprint density at radius 3 is 2.18 bits per heavy atom. The average Bonchev–Trinajstić information content (AvgIpc) is 2.93. The fourth-order valence-electron chi connectivity index (χ4n) is 4.38. The van der Waals surface area contributed by atoms with Crippen LogP contribution in [0.4, 0.5) is 5.69 Å². The summed E-state index contributed by atoms with van der Waals surface area (Å²) in [6.45, 7) is 8.82. The zero-order valence-corrected chi connectivity index (χ0v) is 23.0. The van der Waals surface area contributed by atoms with E-state index in [0.717, 1.165) is 10.9 Å². The van der Waals surface area contributed by atoms with Gasteiger partial charge in [-0.1, -0.05) is 12.1 Å². The third kappa shape index (κ3) is 6.17. The molecule has 8 nitrogen and oxygen atoms in total. The molecule has 0 saturated heterocycles. The highest BCUT2D eigenvalue weighted by Crippen LogP contribution is 2.40. The predicted octanol–water partition coefficient (Wildman–Crippen LogP) is 5.89. The second-order valence-corrected chi connectivity index (χ2v) is 8.91. The van der Waals surface area contributed by atoms with E-state index in [0.29, 0.717) is 65.1 Å². The monoisotopic (exact) mass is 530 g/mol. The Hall–Kier alpha value is -4.46. The van der Waals surface area contributed by atoms with Crippen LogP contribution in [0.3, 0.4) is 0 Å². The molecule has 0 aliphatic carbocycles. The minimum absolute atomic E-state index is 0.0563. The number of nitrogens with one attached hydrogen (secondary N) is 1. The maximum atomic E-state index is 14.1. The lowest BCUT2D eigenvalue weighted by Gasteiger charge is -2.25. The molecule has 1 aromatic heterocycles. The number of amides is 1. The molecule has 0 fully saturated rings. The van der Waals surface area contributed by atoms with E-state index in [1.54, 1.807) is 36.3 Å². The van der Waals surface area contributed by atoms with Crippen molar-refractivity contribution in [3.8, 4) is 23.0 Å². The van der Waals surface area contributed by atoms with Gasteiger partial charge in [-0.25, -0.2) is 0 Å². The largest absolute Gasteiger partial charge is 0.497 e. The van der Waals surface area contributed by atoms with Crippen molar-refractivity contribution in [1.82, 2.24) is 4.98 Å². The van der Waals surface area contributed by atoms with Gasteiger partial charge in [-0.15, -0.1) is 0 Å². The maximum Gasteiger partial charge on any atom is 0.258 e. The second-order valence-electron chi connectivity index (χ2n) is 8.91. The van der Waals surface area contributed by atoms with Crippen molar-refractivity contribution in [3.63, 3.8) is 0 Å². The van der Waals surface area contributed by atoms with Crippen molar-refractivity contribution >= 4 is 22.5 Å². The van der Waals surface area contributed by atoms with E-state index in [-0.39, 0.29) is 18.0 Å². The molecule has 1 N–H and O–H groups in total. The summed E-state index contributed by atoms with van der Waals surface area (Å²) in [7, 11) is 1.58. The highest BCUT2D eigenvalue weighted by Gasteiger charge is 2.24. The highest BCUT2D eigenvalue weighted by atomic mass is 16.5. The van der Waals surface area contributed by atoms with Crippen LogP contribution in [-0.4, -0.2) is 37.8 Å². The van der Waals surface area contributed by atoms with Gasteiger partial charge in [0.25, 0.3) is 11.5 Å². The molecule has 0 radical (unpaired) electrons. The number of pyridine rings is 1. The minimum atomic E-state index is -0.306. The number of carbonyl (C=O) groups is 1. The summed E-state index contributed by atoms with van der Waals surface area (Å²) in [5.74, 6) is 1.65. The van der Waals surface area contributed by atoms with Crippen LogP contribution in [0.5, 0.6) is 23.0 Å². The van der Waals surface area contributed by atoms with Crippen LogP contribution < -0.4 is 29.4 Å². The van der Waals surface area contributed by atoms with E-state index in [9.17, 15) is 9.59 Å². The van der Waals surface area contributed by atoms with Gasteiger partial charge in [-0.2, -0.15) is 0 Å². The van der Waals surface area contributed by atoms with E-state index in [2.05, 4.69) is 4.98 Å². The van der Waals surface area contributed by atoms with Gasteiger partial charge in [-0.3, -0.25) is 9.59 Å². The predicted molar refractivity (Wildman–Crippen MR) is 153 cm³/mol. The van der Waals surface area contributed by atoms with Gasteiger partial charge < -0.3 is 28.8 Å². The molecule has 1 heterocycles. The lowest BCUT2D eigenvalue weighted by Crippen LogP contribution is -2.33. The van der Waals surface area contributed by atoms with Crippen molar-refractivity contribution in [1.29, 1.82) is 0 Å². The molecular weight excluding hydrogens is 496 g/mol. The Kier molecular flexibility index (Phi) is 8.76. The molecular formula is C31H34N2O6. The third-order valence-corrected chi connectivity index (χ3v) is 6.17. The van der Waals surface area contributed by atoms with Gasteiger partial charge in [0.15, 0.2) is 11.5 Å². The molecule has 0 aliphatic heterocycles. The van der Waals surface area contributed by atoms with E-state index < -0.39 is 0 Å². The first kappa shape index (κ1) is 27.6. The van der Waals surface area contributed by atoms with Gasteiger partial charge in [0.1, 0.15) is 5.75 Å². The number of H-pyrrole nitrogens is 1. The Bertz CT molecular complexity index is 1500. The zero-order valence-electron chi connectivity index (χ0n) is 23.0. The molecule has 4 aromatic rings. The number of anilines is 1. The van der Waals surface area contributed by atoms with Crippen molar-refractivity contribution in [3.05, 3.63) is 87.7 Å². The SMILES string of the molecule is CCOc1cc(C(=O)N(Cc2cc3ccc(OC)cc3[nH]c2=O)c2cccc(C)c2)cc(OCC)c1OCC. The van der Waals surface area contributed by atoms with Crippen LogP contribution >= 0.6 is 0 Å². The fourth-order valence-corrected chi connectivity index (χ4v) is 4.38. The van der Waals surface area contributed by atoms with E-state index >= 15 is 0 Å². The quantitative estimate of drug-likeness (QED) is 0.260. The molecule has 4 rings (SSSR count). The van der Waals surface area contributed by atoms with Crippen molar-refractivity contribution in [2.45, 2.75) is 34.2 Å². The Balaban J connectivity index is 1.82. The first-order valence-corrected chi connectivity index (χ1v) is 13.0. The molecule has 0 saturated carbocycles. The van der Waals surface area contributed by atoms with Crippen molar-refractivity contribution in [2.75, 3.05) is 31.8 Å². The summed E-state index contributed by atoms with van der Waals surface area (Å²) in [5.41, 5.74) is 2.83. The van der Waals surface area contributed by atoms with Gasteiger partial charge in [0.2, 0.25) is 5.75 Å². The summed E-state index contributed by atoms with van der Waals surface area (Å²) in [5, 5.41) is 0.834. The molecule has 39 heavy (non-hydrogen) atoms. The first-order chi connectivity index (χ1) is 18.9. The first-order valence-electron chi connectivity index (χ1n) is 13.0. The van der Waals surface area contributed by atoms with Crippen molar-refractivity contribution in [2.24, 2.45) is 0 Å². The van der Waals surface area contributed by atoms with Gasteiger partial charge in [0, 0.05) is 22.9 Å². The lowest BCUT2D eigenvalue weighted by atomic mass is 10.1. The zero-order chi connectivity index (χ0) is 27.9. The topological polar surface area (TPSA) is 90.1 Å². The van der Waals surface area contributed by atoms with Crippen molar-refractivity contribution < 1.29 is 23.7 Å². The Morgan fingerprint density at radius 1 is 0.872 bits per heavy atom. The van der Waals surface area contributed by atoms with E-state index in [1.165, 1.54) is 0 Å². The molecule has 0 unspecified atom stereocenters. The number of fused-ring (bicyclic) bond motifs is 1. The molecule has 1 amide bonds. The molecule has 0 atom stereocenters. The number of benzene rings is 3. The fraction of sp³-hybridized carbons (Fsp3) is 0.290. The standard InChI is InChI=1S/C31H34N2O6/c1-6-37-27-16-22(17-28(38-7-2)29(27)39-8-3)31(35)33(24-11-9-10-20(4)14-24)19-23-15-21-12-13-25(36-5)18-26(21)32-30(23)34/h9-18H,6-8,19H2,1-5H3,(H,32,34). The van der Waals surface area contributed by atoms with Gasteiger partial charge in [-0.05, 0) is 81.1 Å². The summed E-state index contributed by atoms with van der Waals surface area (Å²) in [6, 6.07) is 18.2. The van der Waals surface area contributed by atoms with Crippen LogP contribution in [-0.2, 0) is 6.54 Å². The molecule has 0 bridgehead atoms. The summed E-state index contributed by atoms with van der Waals surface area (Å²) in [4.78, 5) is 31.8. The molecule has 8 heteroatoms. The number of hydrogen-bond acceptors (Lipinski definition) is 6. The van der Waals surface area contributed by atoms with Gasteiger partial charge >= 0.3 is 0 Å². The average molecular weight is 531 g/mol. The normalized spacial score (nSPS) is 10.8. The van der Waals surface area contributed by atoms with E-state index in [4.69, 9.17) is 18.9 Å². The number of nitrogens with zero attached hydrogens (tertiary/aromatic N) is 1. The number of rotatable bonds is 11. The number of ether oxygens (including phenoxy) is 4. The summed E-state index contributed by atoms with van der Waals surface area (Å²) >= 11 is 0. The van der Waals surface area contributed by atoms with Crippen LogP contribution in [0.1, 0.15) is 42.3 Å². The molecule has 0 spiro atoms. The molecule has 3 aromatic carbocycles. The third-order valence-electron chi connectivity index (χ3n) is 6.17. The smallest absolute Gasteiger partial charge is 0.258 e. The number of aromatic nitrogens is 1. The van der Waals surface area contributed by atoms with Crippen LogP contribution in [0.2, 0.25) is 0 Å². The second kappa shape index (κ2) is 12.4. The van der Waals surface area contributed by atoms with Gasteiger partial charge in [0.05, 0.1) is 39.0 Å². The van der Waals surface area contributed by atoms with Crippen LogP contribution in [0, 0.1) is 6.92 Å². The van der Waals surface area contributed by atoms with E-state index in [1.807, 2.05) is 64.1 Å². The highest BCUT2D eigenvalue weighted by molar-refractivity contribution is 6.07. The number of carbonyl (C=O) groups excluding carboxylic acids is 1. The maximum absolute atomic E-state index is 14.1.